The fraction of sp³-hybridized carbons (Fsp3) is 0.200. The van der Waals surface area contributed by atoms with E-state index in [9.17, 15) is 14.0 Å². The van der Waals surface area contributed by atoms with Crippen molar-refractivity contribution in [3.63, 3.8) is 0 Å². The zero-order chi connectivity index (χ0) is 18.5. The fourth-order valence-electron chi connectivity index (χ4n) is 2.69. The van der Waals surface area contributed by atoms with Gasteiger partial charge in [-0.3, -0.25) is 4.79 Å². The second-order valence-electron chi connectivity index (χ2n) is 5.85. The van der Waals surface area contributed by atoms with Crippen molar-refractivity contribution >= 4 is 22.6 Å². The van der Waals surface area contributed by atoms with Gasteiger partial charge in [0.25, 0.3) is 5.91 Å². The van der Waals surface area contributed by atoms with E-state index in [2.05, 4.69) is 5.32 Å². The normalized spacial score (nSPS) is 10.7. The van der Waals surface area contributed by atoms with Crippen molar-refractivity contribution in [1.29, 1.82) is 0 Å². The summed E-state index contributed by atoms with van der Waals surface area (Å²) in [5, 5.41) is 3.40. The fourth-order valence-corrected chi connectivity index (χ4v) is 2.69. The van der Waals surface area contributed by atoms with Gasteiger partial charge in [0.15, 0.2) is 6.61 Å². The molecule has 26 heavy (non-hydrogen) atoms. The van der Waals surface area contributed by atoms with Crippen molar-refractivity contribution in [2.75, 3.05) is 11.9 Å². The molecule has 6 heteroatoms. The third-order valence-corrected chi connectivity index (χ3v) is 3.80. The Morgan fingerprint density at radius 3 is 2.81 bits per heavy atom. The summed E-state index contributed by atoms with van der Waals surface area (Å²) in [5.74, 6) is -0.447. The molecule has 1 N–H and O–H groups in total. The maximum atomic E-state index is 13.1. The van der Waals surface area contributed by atoms with E-state index in [0.29, 0.717) is 17.0 Å². The van der Waals surface area contributed by atoms with Gasteiger partial charge in [-0.05, 0) is 42.3 Å². The van der Waals surface area contributed by atoms with Crippen LogP contribution in [0.15, 0.2) is 57.7 Å². The van der Waals surface area contributed by atoms with E-state index in [-0.39, 0.29) is 6.61 Å². The molecule has 0 spiro atoms. The van der Waals surface area contributed by atoms with Crippen LogP contribution in [0.25, 0.3) is 11.0 Å². The van der Waals surface area contributed by atoms with Gasteiger partial charge in [-0.25, -0.2) is 9.18 Å². The number of fused-ring (bicyclic) bond motifs is 1. The lowest BCUT2D eigenvalue weighted by Crippen LogP contribution is -2.20. The van der Waals surface area contributed by atoms with E-state index < -0.39 is 17.3 Å². The van der Waals surface area contributed by atoms with Crippen molar-refractivity contribution in [2.45, 2.75) is 19.8 Å². The van der Waals surface area contributed by atoms with Crippen LogP contribution in [0.3, 0.4) is 0 Å². The highest BCUT2D eigenvalue weighted by molar-refractivity contribution is 5.92. The van der Waals surface area contributed by atoms with Gasteiger partial charge in [0, 0.05) is 23.2 Å². The molecule has 0 fully saturated rings. The minimum Gasteiger partial charge on any atom is -0.484 e. The molecule has 0 aliphatic heterocycles. The Morgan fingerprint density at radius 2 is 2.04 bits per heavy atom. The van der Waals surface area contributed by atoms with E-state index >= 15 is 0 Å². The third kappa shape index (κ3) is 4.27. The molecular weight excluding hydrogens is 337 g/mol. The van der Waals surface area contributed by atoms with Crippen LogP contribution < -0.4 is 15.7 Å². The SMILES string of the molecule is CCCc1cc(=O)oc2cc(OCC(=O)Nc3cccc(F)c3)ccc12. The lowest BCUT2D eigenvalue weighted by atomic mass is 10.1. The molecule has 0 unspecified atom stereocenters. The molecule has 3 rings (SSSR count). The topological polar surface area (TPSA) is 68.5 Å². The van der Waals surface area contributed by atoms with Gasteiger partial charge in [-0.2, -0.15) is 0 Å². The Morgan fingerprint density at radius 1 is 1.19 bits per heavy atom. The standard InChI is InChI=1S/C20H18FNO4/c1-2-4-13-9-20(24)26-18-11-16(7-8-17(13)18)25-12-19(23)22-15-6-3-5-14(21)10-15/h3,5-11H,2,4,12H2,1H3,(H,22,23). The maximum absolute atomic E-state index is 13.1. The largest absolute Gasteiger partial charge is 0.484 e. The summed E-state index contributed by atoms with van der Waals surface area (Å²) >= 11 is 0. The Kier molecular flexibility index (Phi) is 5.31. The van der Waals surface area contributed by atoms with Crippen molar-refractivity contribution in [2.24, 2.45) is 0 Å². The molecule has 0 aliphatic rings. The number of anilines is 1. The number of hydrogen-bond donors (Lipinski definition) is 1. The number of rotatable bonds is 6. The van der Waals surface area contributed by atoms with Gasteiger partial charge < -0.3 is 14.5 Å². The van der Waals surface area contributed by atoms with Crippen molar-refractivity contribution in [3.8, 4) is 5.75 Å². The van der Waals surface area contributed by atoms with E-state index in [1.807, 2.05) is 13.0 Å². The highest BCUT2D eigenvalue weighted by Crippen LogP contribution is 2.23. The molecule has 0 aliphatic carbocycles. The van der Waals surface area contributed by atoms with Crippen LogP contribution in [0, 0.1) is 5.82 Å². The van der Waals surface area contributed by atoms with Crippen LogP contribution in [-0.4, -0.2) is 12.5 Å². The maximum Gasteiger partial charge on any atom is 0.336 e. The summed E-state index contributed by atoms with van der Waals surface area (Å²) in [5.41, 5.74) is 1.28. The van der Waals surface area contributed by atoms with Gasteiger partial charge in [0.2, 0.25) is 0 Å². The van der Waals surface area contributed by atoms with E-state index in [1.54, 1.807) is 18.2 Å². The predicted octanol–water partition coefficient (Wildman–Crippen LogP) is 3.90. The second-order valence-corrected chi connectivity index (χ2v) is 5.85. The van der Waals surface area contributed by atoms with Crippen molar-refractivity contribution in [1.82, 2.24) is 0 Å². The van der Waals surface area contributed by atoms with Crippen molar-refractivity contribution in [3.05, 3.63) is 70.3 Å². The third-order valence-electron chi connectivity index (χ3n) is 3.80. The smallest absolute Gasteiger partial charge is 0.336 e. The molecule has 0 bridgehead atoms. The number of hydrogen-bond acceptors (Lipinski definition) is 4. The monoisotopic (exact) mass is 355 g/mol. The molecular formula is C20H18FNO4. The molecule has 1 aromatic heterocycles. The van der Waals surface area contributed by atoms with Crippen LogP contribution in [0.1, 0.15) is 18.9 Å². The van der Waals surface area contributed by atoms with E-state index in [4.69, 9.17) is 9.15 Å². The summed E-state index contributed by atoms with van der Waals surface area (Å²) in [7, 11) is 0. The summed E-state index contributed by atoms with van der Waals surface area (Å²) in [6.07, 6.45) is 1.69. The molecule has 1 heterocycles. The van der Waals surface area contributed by atoms with Crippen LogP contribution in [-0.2, 0) is 11.2 Å². The highest BCUT2D eigenvalue weighted by Gasteiger charge is 2.09. The van der Waals surface area contributed by atoms with Crippen molar-refractivity contribution < 1.29 is 18.3 Å². The molecule has 3 aromatic rings. The summed E-state index contributed by atoms with van der Waals surface area (Å²) in [6.45, 7) is 1.79. The number of amides is 1. The average Bonchev–Trinajstić information content (AvgIpc) is 2.60. The molecule has 0 atom stereocenters. The number of ether oxygens (including phenoxy) is 1. The van der Waals surface area contributed by atoms with Gasteiger partial charge in [0.05, 0.1) is 0 Å². The first-order valence-electron chi connectivity index (χ1n) is 8.30. The summed E-state index contributed by atoms with van der Waals surface area (Å²) in [6, 6.07) is 12.2. The highest BCUT2D eigenvalue weighted by atomic mass is 19.1. The molecule has 0 saturated carbocycles. The van der Waals surface area contributed by atoms with Gasteiger partial charge >= 0.3 is 5.63 Å². The lowest BCUT2D eigenvalue weighted by Gasteiger charge is -2.09. The second kappa shape index (κ2) is 7.82. The first-order chi connectivity index (χ1) is 12.5. The van der Waals surface area contributed by atoms with Crippen LogP contribution in [0.5, 0.6) is 5.75 Å². The van der Waals surface area contributed by atoms with Gasteiger partial charge in [-0.15, -0.1) is 0 Å². The van der Waals surface area contributed by atoms with Gasteiger partial charge in [0.1, 0.15) is 17.1 Å². The summed E-state index contributed by atoms with van der Waals surface area (Å²) < 4.78 is 23.8. The molecule has 0 radical (unpaired) electrons. The number of aryl methyl sites for hydroxylation is 1. The zero-order valence-electron chi connectivity index (χ0n) is 14.3. The number of carbonyl (C=O) groups is 1. The molecule has 2 aromatic carbocycles. The average molecular weight is 355 g/mol. The molecule has 134 valence electrons. The first kappa shape index (κ1) is 17.7. The van der Waals surface area contributed by atoms with E-state index in [0.717, 1.165) is 23.8 Å². The minimum atomic E-state index is -0.434. The Balaban J connectivity index is 1.71. The molecule has 1 amide bonds. The first-order valence-corrected chi connectivity index (χ1v) is 8.30. The molecule has 5 nitrogen and oxygen atoms in total. The van der Waals surface area contributed by atoms with Crippen LogP contribution in [0.2, 0.25) is 0 Å². The Hall–Kier alpha value is -3.15. The minimum absolute atomic E-state index is 0.249. The van der Waals surface area contributed by atoms with Gasteiger partial charge in [-0.1, -0.05) is 19.4 Å². The quantitative estimate of drug-likeness (QED) is 0.681. The van der Waals surface area contributed by atoms with Crippen LogP contribution in [0.4, 0.5) is 10.1 Å². The zero-order valence-corrected chi connectivity index (χ0v) is 14.3. The molecule has 0 saturated heterocycles. The summed E-state index contributed by atoms with van der Waals surface area (Å²) in [4.78, 5) is 23.6. The predicted molar refractivity (Wildman–Crippen MR) is 97.0 cm³/mol. The van der Waals surface area contributed by atoms with Crippen LogP contribution >= 0.6 is 0 Å². The van der Waals surface area contributed by atoms with E-state index in [1.165, 1.54) is 24.3 Å². The number of carbonyl (C=O) groups excluding carboxylic acids is 1. The Bertz CT molecular complexity index is 997. The lowest BCUT2D eigenvalue weighted by molar-refractivity contribution is -0.118. The Labute approximate surface area is 149 Å². The number of halogens is 1. The number of nitrogens with one attached hydrogen (secondary N) is 1. The number of benzene rings is 2.